The molecule has 7 nitrogen and oxygen atoms in total. The normalized spacial score (nSPS) is 25.9. The van der Waals surface area contributed by atoms with E-state index in [1.165, 1.54) is 6.26 Å². The van der Waals surface area contributed by atoms with Gasteiger partial charge in [-0.15, -0.1) is 0 Å². The Morgan fingerprint density at radius 1 is 0.963 bits per heavy atom. The van der Waals surface area contributed by atoms with Gasteiger partial charge in [0.1, 0.15) is 24.1 Å². The molecule has 0 aromatic heterocycles. The van der Waals surface area contributed by atoms with E-state index in [4.69, 9.17) is 9.47 Å². The van der Waals surface area contributed by atoms with Crippen LogP contribution in [0.5, 0.6) is 5.75 Å². The van der Waals surface area contributed by atoms with E-state index in [-0.39, 0.29) is 11.5 Å². The van der Waals surface area contributed by atoms with Crippen LogP contribution in [0.25, 0.3) is 0 Å². The average Bonchev–Trinajstić information content (AvgIpc) is 2.63. The lowest BCUT2D eigenvalue weighted by Gasteiger charge is -2.34. The summed E-state index contributed by atoms with van der Waals surface area (Å²) in [5.41, 5.74) is 1.97. The highest BCUT2D eigenvalue weighted by Crippen LogP contribution is 2.22. The van der Waals surface area contributed by atoms with Gasteiger partial charge in [-0.3, -0.25) is 0 Å². The van der Waals surface area contributed by atoms with Gasteiger partial charge in [0.25, 0.3) is 0 Å². The number of hydrogen-bond acceptors (Lipinski definition) is 7. The van der Waals surface area contributed by atoms with Crippen LogP contribution in [-0.4, -0.2) is 61.2 Å². The van der Waals surface area contributed by atoms with Gasteiger partial charge in [0.2, 0.25) is 6.29 Å². The molecule has 0 saturated carbocycles. The fraction of sp³-hybridized carbons (Fsp3) is 0.368. The second kappa shape index (κ2) is 7.95. The van der Waals surface area contributed by atoms with Crippen LogP contribution in [0, 0.1) is 0 Å². The third-order valence-electron chi connectivity index (χ3n) is 4.39. The molecule has 2 aromatic carbocycles. The van der Waals surface area contributed by atoms with E-state index in [9.17, 15) is 23.7 Å². The number of rotatable bonds is 5. The Balaban J connectivity index is 1.62. The summed E-state index contributed by atoms with van der Waals surface area (Å²) in [7, 11) is -3.21. The molecule has 1 saturated heterocycles. The first-order valence-electron chi connectivity index (χ1n) is 8.44. The van der Waals surface area contributed by atoms with E-state index in [1.807, 2.05) is 12.1 Å². The lowest BCUT2D eigenvalue weighted by molar-refractivity contribution is -0.242. The third-order valence-corrected chi connectivity index (χ3v) is 5.52. The lowest BCUT2D eigenvalue weighted by Crippen LogP contribution is -2.54. The zero-order chi connectivity index (χ0) is 19.6. The first-order chi connectivity index (χ1) is 12.7. The summed E-state index contributed by atoms with van der Waals surface area (Å²) in [5.74, 6) is 0.457. The first kappa shape index (κ1) is 19.8. The van der Waals surface area contributed by atoms with Crippen LogP contribution in [0.4, 0.5) is 0 Å². The molecular weight excluding hydrogens is 372 g/mol. The molecule has 1 fully saturated rings. The van der Waals surface area contributed by atoms with E-state index in [0.29, 0.717) is 12.2 Å². The highest BCUT2D eigenvalue weighted by molar-refractivity contribution is 7.90. The van der Waals surface area contributed by atoms with Crippen LogP contribution in [0.3, 0.4) is 0 Å². The van der Waals surface area contributed by atoms with Gasteiger partial charge < -0.3 is 24.8 Å². The Morgan fingerprint density at radius 3 is 2.07 bits per heavy atom. The van der Waals surface area contributed by atoms with Crippen molar-refractivity contribution in [2.75, 3.05) is 12.9 Å². The van der Waals surface area contributed by atoms with Gasteiger partial charge >= 0.3 is 0 Å². The van der Waals surface area contributed by atoms with Gasteiger partial charge in [0, 0.05) is 6.26 Å². The van der Waals surface area contributed by atoms with E-state index in [1.54, 1.807) is 36.4 Å². The fourth-order valence-corrected chi connectivity index (χ4v) is 3.42. The number of aliphatic hydroxyl groups excluding tert-OH is 3. The van der Waals surface area contributed by atoms with E-state index < -0.39 is 34.4 Å². The van der Waals surface area contributed by atoms with Crippen LogP contribution >= 0.6 is 0 Å². The lowest BCUT2D eigenvalue weighted by atomic mass is 10.0. The highest BCUT2D eigenvalue weighted by atomic mass is 32.2. The van der Waals surface area contributed by atoms with Crippen molar-refractivity contribution in [3.63, 3.8) is 0 Å². The molecule has 146 valence electrons. The molecule has 0 radical (unpaired) electrons. The minimum absolute atomic E-state index is 0.121. The molecule has 0 amide bonds. The van der Waals surface area contributed by atoms with Crippen LogP contribution < -0.4 is 4.74 Å². The summed E-state index contributed by atoms with van der Waals surface area (Å²) >= 11 is 0. The summed E-state index contributed by atoms with van der Waals surface area (Å²) in [5, 5.41) is 29.0. The summed E-state index contributed by atoms with van der Waals surface area (Å²) in [4.78, 5) is 0.286. The van der Waals surface area contributed by atoms with Crippen LogP contribution in [-0.2, 0) is 21.0 Å². The van der Waals surface area contributed by atoms with Crippen LogP contribution in [0.1, 0.15) is 11.1 Å². The van der Waals surface area contributed by atoms with Crippen molar-refractivity contribution in [2.45, 2.75) is 35.9 Å². The number of aliphatic hydroxyl groups is 3. The molecule has 3 N–H and O–H groups in total. The molecule has 0 bridgehead atoms. The van der Waals surface area contributed by atoms with Crippen molar-refractivity contribution < 1.29 is 33.2 Å². The maximum atomic E-state index is 11.5. The molecule has 0 unspecified atom stereocenters. The smallest absolute Gasteiger partial charge is 0.228 e. The maximum Gasteiger partial charge on any atom is 0.228 e. The molecule has 8 heteroatoms. The molecule has 0 spiro atoms. The molecule has 1 aliphatic rings. The summed E-state index contributed by atoms with van der Waals surface area (Å²) in [6.45, 7) is -0.121. The quantitative estimate of drug-likeness (QED) is 0.677. The second-order valence-electron chi connectivity index (χ2n) is 6.60. The molecule has 0 aliphatic carbocycles. The zero-order valence-electron chi connectivity index (χ0n) is 14.7. The van der Waals surface area contributed by atoms with Gasteiger partial charge in [0.15, 0.2) is 9.84 Å². The number of hydrogen-bond donors (Lipinski definition) is 3. The largest absolute Gasteiger partial charge is 0.462 e. The Kier molecular flexibility index (Phi) is 5.83. The van der Waals surface area contributed by atoms with Gasteiger partial charge in [-0.2, -0.15) is 0 Å². The molecule has 2 aromatic rings. The highest BCUT2D eigenvalue weighted by Gasteiger charge is 2.38. The molecule has 1 heterocycles. The van der Waals surface area contributed by atoms with Gasteiger partial charge in [-0.1, -0.05) is 24.3 Å². The predicted molar refractivity (Wildman–Crippen MR) is 97.2 cm³/mol. The summed E-state index contributed by atoms with van der Waals surface area (Å²) in [6, 6.07) is 13.9. The number of sulfone groups is 1. The second-order valence-corrected chi connectivity index (χ2v) is 8.62. The van der Waals surface area contributed by atoms with Gasteiger partial charge in [-0.05, 0) is 41.8 Å². The molecule has 1 aliphatic heterocycles. The molecule has 27 heavy (non-hydrogen) atoms. The van der Waals surface area contributed by atoms with Crippen LogP contribution in [0.15, 0.2) is 53.4 Å². The predicted octanol–water partition coefficient (Wildman–Crippen LogP) is 0.499. The minimum atomic E-state index is -3.21. The van der Waals surface area contributed by atoms with Crippen molar-refractivity contribution in [3.05, 3.63) is 59.7 Å². The van der Waals surface area contributed by atoms with Crippen molar-refractivity contribution in [1.82, 2.24) is 0 Å². The Morgan fingerprint density at radius 2 is 1.52 bits per heavy atom. The van der Waals surface area contributed by atoms with Crippen molar-refractivity contribution in [3.8, 4) is 5.75 Å². The number of benzene rings is 2. The monoisotopic (exact) mass is 394 g/mol. The maximum absolute atomic E-state index is 11.5. The summed E-state index contributed by atoms with van der Waals surface area (Å²) < 4.78 is 33.7. The first-order valence-corrected chi connectivity index (χ1v) is 10.3. The van der Waals surface area contributed by atoms with Crippen molar-refractivity contribution in [2.24, 2.45) is 0 Å². The number of ether oxygens (including phenoxy) is 2. The van der Waals surface area contributed by atoms with Gasteiger partial charge in [0.05, 0.1) is 11.5 Å². The fourth-order valence-electron chi connectivity index (χ4n) is 2.79. The Labute approximate surface area is 157 Å². The minimum Gasteiger partial charge on any atom is -0.462 e. The standard InChI is InChI=1S/C19H22O7S/c1-27(23,24)15-8-4-13(5-9-15)10-12-2-6-14(7-3-12)26-19-18(22)17(21)16(20)11-25-19/h2-9,16-22H,10-11H2,1H3/t16-,17+,18-,19-/m1/s1. The average molecular weight is 394 g/mol. The van der Waals surface area contributed by atoms with E-state index >= 15 is 0 Å². The van der Waals surface area contributed by atoms with Gasteiger partial charge in [-0.25, -0.2) is 8.42 Å². The third kappa shape index (κ3) is 4.85. The van der Waals surface area contributed by atoms with Crippen molar-refractivity contribution in [1.29, 1.82) is 0 Å². The topological polar surface area (TPSA) is 113 Å². The molecule has 3 rings (SSSR count). The Bertz CT molecular complexity index is 862. The zero-order valence-corrected chi connectivity index (χ0v) is 15.5. The Hall–Kier alpha value is -1.97. The summed E-state index contributed by atoms with van der Waals surface area (Å²) in [6.07, 6.45) is -3.07. The van der Waals surface area contributed by atoms with E-state index in [2.05, 4.69) is 0 Å². The van der Waals surface area contributed by atoms with Crippen molar-refractivity contribution >= 4 is 9.84 Å². The molecular formula is C19H22O7S. The van der Waals surface area contributed by atoms with E-state index in [0.717, 1.165) is 11.1 Å². The molecule has 4 atom stereocenters. The van der Waals surface area contributed by atoms with Crippen LogP contribution in [0.2, 0.25) is 0 Å². The SMILES string of the molecule is CS(=O)(=O)c1ccc(Cc2ccc(O[C@H]3OC[C@@H](O)[C@H](O)[C@H]3O)cc2)cc1.